The van der Waals surface area contributed by atoms with Gasteiger partial charge in [0.15, 0.2) is 9.84 Å². The molecular weight excluding hydrogens is 312 g/mol. The molecule has 0 unspecified atom stereocenters. The number of aliphatic hydroxyl groups excluding tert-OH is 1. The highest BCUT2D eigenvalue weighted by Crippen LogP contribution is 2.11. The number of benzene rings is 2. The fourth-order valence-corrected chi connectivity index (χ4v) is 2.78. The monoisotopic (exact) mass is 330 g/mol. The summed E-state index contributed by atoms with van der Waals surface area (Å²) >= 11 is 0. The van der Waals surface area contributed by atoms with E-state index in [0.29, 0.717) is 5.75 Å². The Labute approximate surface area is 136 Å². The van der Waals surface area contributed by atoms with Gasteiger partial charge in [-0.3, -0.25) is 0 Å². The maximum atomic E-state index is 12.0. The van der Waals surface area contributed by atoms with Crippen molar-refractivity contribution in [3.05, 3.63) is 84.3 Å². The van der Waals surface area contributed by atoms with Gasteiger partial charge >= 0.3 is 0 Å². The molecule has 0 aliphatic heterocycles. The largest absolute Gasteiger partial charge is 0.491 e. The van der Waals surface area contributed by atoms with Crippen molar-refractivity contribution in [2.45, 2.75) is 11.0 Å². The Kier molecular flexibility index (Phi) is 6.14. The molecule has 2 aromatic carbocycles. The van der Waals surface area contributed by atoms with E-state index in [0.717, 1.165) is 5.41 Å². The summed E-state index contributed by atoms with van der Waals surface area (Å²) in [5, 5.41) is 10.9. The summed E-state index contributed by atoms with van der Waals surface area (Å²) in [6, 6.07) is 17.3. The predicted octanol–water partition coefficient (Wildman–Crippen LogP) is 2.97. The number of hydrogen-bond acceptors (Lipinski definition) is 4. The molecule has 2 aromatic rings. The fourth-order valence-electron chi connectivity index (χ4n) is 1.78. The first-order chi connectivity index (χ1) is 11.1. The minimum absolute atomic E-state index is 0.0970. The quantitative estimate of drug-likeness (QED) is 0.793. The number of aliphatic hydroxyl groups is 1. The molecular formula is C18H18O4S. The smallest absolute Gasteiger partial charge is 0.199 e. The zero-order valence-electron chi connectivity index (χ0n) is 12.4. The lowest BCUT2D eigenvalue weighted by molar-refractivity contribution is 0.144. The van der Waals surface area contributed by atoms with Crippen molar-refractivity contribution in [1.29, 1.82) is 0 Å². The highest BCUT2D eigenvalue weighted by Gasteiger charge is 2.07. The van der Waals surface area contributed by atoms with Crippen molar-refractivity contribution < 1.29 is 18.3 Å². The zero-order chi connectivity index (χ0) is 16.5. The van der Waals surface area contributed by atoms with Crippen molar-refractivity contribution in [2.75, 3.05) is 6.61 Å². The molecule has 0 aliphatic rings. The van der Waals surface area contributed by atoms with Crippen molar-refractivity contribution in [2.24, 2.45) is 0 Å². The van der Waals surface area contributed by atoms with Gasteiger partial charge in [0.25, 0.3) is 0 Å². The lowest BCUT2D eigenvalue weighted by Crippen LogP contribution is -2.14. The molecule has 1 atom stereocenters. The van der Waals surface area contributed by atoms with Crippen LogP contribution in [0.15, 0.2) is 89.2 Å². The molecule has 0 aromatic heterocycles. The molecule has 2 rings (SSSR count). The number of allylic oxidation sites excluding steroid dienone is 2. The molecule has 0 heterocycles. The van der Waals surface area contributed by atoms with Crippen LogP contribution >= 0.6 is 0 Å². The Morgan fingerprint density at radius 2 is 1.57 bits per heavy atom. The Hall–Kier alpha value is -2.37. The average Bonchev–Trinajstić information content (AvgIpc) is 2.59. The first kappa shape index (κ1) is 17.0. The Morgan fingerprint density at radius 3 is 2.22 bits per heavy atom. The van der Waals surface area contributed by atoms with E-state index >= 15 is 0 Å². The third kappa shape index (κ3) is 5.73. The maximum Gasteiger partial charge on any atom is 0.199 e. The summed E-state index contributed by atoms with van der Waals surface area (Å²) in [6.45, 7) is 0.0970. The van der Waals surface area contributed by atoms with Gasteiger partial charge in [0.2, 0.25) is 0 Å². The summed E-state index contributed by atoms with van der Waals surface area (Å²) in [7, 11) is -3.46. The van der Waals surface area contributed by atoms with Crippen molar-refractivity contribution in [1.82, 2.24) is 0 Å². The van der Waals surface area contributed by atoms with Crippen LogP contribution in [0, 0.1) is 0 Å². The van der Waals surface area contributed by atoms with Crippen LogP contribution in [0.2, 0.25) is 0 Å². The fraction of sp³-hybridized carbons (Fsp3) is 0.111. The summed E-state index contributed by atoms with van der Waals surface area (Å²) in [5.41, 5.74) is 0. The predicted molar refractivity (Wildman–Crippen MR) is 89.9 cm³/mol. The van der Waals surface area contributed by atoms with E-state index in [2.05, 4.69) is 0 Å². The van der Waals surface area contributed by atoms with Crippen LogP contribution in [0.5, 0.6) is 5.75 Å². The second-order valence-electron chi connectivity index (χ2n) is 4.76. The highest BCUT2D eigenvalue weighted by atomic mass is 32.2. The van der Waals surface area contributed by atoms with Gasteiger partial charge in [0.05, 0.1) is 4.90 Å². The van der Waals surface area contributed by atoms with E-state index in [1.165, 1.54) is 30.4 Å². The molecule has 120 valence electrons. The molecule has 5 heteroatoms. The van der Waals surface area contributed by atoms with Crippen LogP contribution in [0.1, 0.15) is 0 Å². The van der Waals surface area contributed by atoms with Gasteiger partial charge in [0, 0.05) is 5.41 Å². The molecule has 0 bridgehead atoms. The van der Waals surface area contributed by atoms with Crippen LogP contribution in [0.4, 0.5) is 0 Å². The molecule has 0 aliphatic carbocycles. The molecule has 1 N–H and O–H groups in total. The zero-order valence-corrected chi connectivity index (χ0v) is 13.3. The first-order valence-corrected chi connectivity index (χ1v) is 8.63. The third-order valence-electron chi connectivity index (χ3n) is 2.94. The van der Waals surface area contributed by atoms with Gasteiger partial charge < -0.3 is 9.84 Å². The second-order valence-corrected chi connectivity index (χ2v) is 6.60. The molecule has 0 fully saturated rings. The van der Waals surface area contributed by atoms with Gasteiger partial charge in [-0.15, -0.1) is 0 Å². The Morgan fingerprint density at radius 1 is 0.957 bits per heavy atom. The van der Waals surface area contributed by atoms with Crippen LogP contribution in [0.3, 0.4) is 0 Å². The van der Waals surface area contributed by atoms with E-state index in [9.17, 15) is 13.5 Å². The topological polar surface area (TPSA) is 63.6 Å². The summed E-state index contributed by atoms with van der Waals surface area (Å²) in [5.74, 6) is 0.669. The number of ether oxygens (including phenoxy) is 1. The van der Waals surface area contributed by atoms with Crippen LogP contribution in [-0.2, 0) is 9.84 Å². The van der Waals surface area contributed by atoms with Gasteiger partial charge in [-0.25, -0.2) is 8.42 Å². The summed E-state index contributed by atoms with van der Waals surface area (Å²) < 4.78 is 29.4. The summed E-state index contributed by atoms with van der Waals surface area (Å²) in [6.07, 6.45) is 3.52. The molecule has 0 saturated carbocycles. The van der Waals surface area contributed by atoms with Crippen LogP contribution < -0.4 is 4.74 Å². The molecule has 0 spiro atoms. The van der Waals surface area contributed by atoms with E-state index in [4.69, 9.17) is 4.74 Å². The second kappa shape index (κ2) is 8.31. The Bertz CT molecular complexity index is 750. The van der Waals surface area contributed by atoms with Gasteiger partial charge in [0.1, 0.15) is 18.5 Å². The number of rotatable bonds is 7. The van der Waals surface area contributed by atoms with Gasteiger partial charge in [-0.2, -0.15) is 0 Å². The number of para-hydroxylation sites is 1. The van der Waals surface area contributed by atoms with E-state index < -0.39 is 15.9 Å². The van der Waals surface area contributed by atoms with Crippen LogP contribution in [0.25, 0.3) is 0 Å². The van der Waals surface area contributed by atoms with Gasteiger partial charge in [-0.05, 0) is 24.3 Å². The minimum atomic E-state index is -3.46. The lowest BCUT2D eigenvalue weighted by Gasteiger charge is -2.08. The first-order valence-electron chi connectivity index (χ1n) is 7.09. The lowest BCUT2D eigenvalue weighted by atomic mass is 10.3. The molecule has 23 heavy (non-hydrogen) atoms. The van der Waals surface area contributed by atoms with Crippen molar-refractivity contribution >= 4 is 9.84 Å². The van der Waals surface area contributed by atoms with Gasteiger partial charge in [-0.1, -0.05) is 54.6 Å². The number of sulfone groups is 1. The SMILES string of the molecule is O=S(=O)(/C=C/C=C/[C@@H](O)COc1ccccc1)c1ccccc1. The van der Waals surface area contributed by atoms with Crippen LogP contribution in [-0.4, -0.2) is 26.2 Å². The van der Waals surface area contributed by atoms with E-state index in [1.807, 2.05) is 18.2 Å². The minimum Gasteiger partial charge on any atom is -0.491 e. The van der Waals surface area contributed by atoms with E-state index in [1.54, 1.807) is 30.3 Å². The van der Waals surface area contributed by atoms with Crippen molar-refractivity contribution in [3.63, 3.8) is 0 Å². The van der Waals surface area contributed by atoms with Crippen molar-refractivity contribution in [3.8, 4) is 5.75 Å². The molecule has 4 nitrogen and oxygen atoms in total. The standard InChI is InChI=1S/C18H18O4S/c19-16(15-22-17-10-3-1-4-11-17)9-7-8-14-23(20,21)18-12-5-2-6-13-18/h1-14,16,19H,15H2/b9-7+,14-8+/t16-/m1/s1. The van der Waals surface area contributed by atoms with E-state index in [-0.39, 0.29) is 11.5 Å². The maximum absolute atomic E-state index is 12.0. The number of hydrogen-bond donors (Lipinski definition) is 1. The normalized spacial score (nSPS) is 13.4. The summed E-state index contributed by atoms with van der Waals surface area (Å²) in [4.78, 5) is 0.234. The highest BCUT2D eigenvalue weighted by molar-refractivity contribution is 7.94. The molecule has 0 amide bonds. The Balaban J connectivity index is 1.86. The third-order valence-corrected chi connectivity index (χ3v) is 4.38. The molecule has 0 radical (unpaired) electrons. The molecule has 0 saturated heterocycles. The average molecular weight is 330 g/mol.